The molecule has 0 aliphatic carbocycles. The molecule has 0 amide bonds. The Kier molecular flexibility index (Phi) is 1.85. The molecule has 6 heteroatoms. The van der Waals surface area contributed by atoms with Gasteiger partial charge < -0.3 is 14.6 Å². The molecule has 17 heavy (non-hydrogen) atoms. The molecule has 0 spiro atoms. The number of nitrogens with one attached hydrogen (secondary N) is 1. The van der Waals surface area contributed by atoms with E-state index < -0.39 is 5.76 Å². The number of H-pyrrole nitrogens is 1. The molecule has 3 N–H and O–H groups in total. The third-order valence-electron chi connectivity index (χ3n) is 2.51. The monoisotopic (exact) mass is 231 g/mol. The molecule has 0 aliphatic rings. The van der Waals surface area contributed by atoms with Crippen LogP contribution in [0.2, 0.25) is 0 Å². The van der Waals surface area contributed by atoms with Crippen LogP contribution in [0.1, 0.15) is 5.76 Å². The average Bonchev–Trinajstić information content (AvgIpc) is 2.78. The maximum absolute atomic E-state index is 11.0. The van der Waals surface area contributed by atoms with E-state index in [0.717, 1.165) is 5.56 Å². The standard InChI is InChI=1S/C11H9N3O3/c1-5-9(14-10(12)16-5)6-2-3-7-8(4-6)17-11(15)13-7/h2-4H,1H3,(H2,12,14)(H,13,15). The van der Waals surface area contributed by atoms with Crippen molar-refractivity contribution in [1.82, 2.24) is 9.97 Å². The van der Waals surface area contributed by atoms with E-state index in [0.29, 0.717) is 22.6 Å². The Hall–Kier alpha value is -2.50. The smallest absolute Gasteiger partial charge is 0.417 e. The van der Waals surface area contributed by atoms with Crippen molar-refractivity contribution >= 4 is 17.1 Å². The Morgan fingerprint density at radius 2 is 2.18 bits per heavy atom. The number of aromatic amines is 1. The van der Waals surface area contributed by atoms with E-state index >= 15 is 0 Å². The molecular formula is C11H9N3O3. The van der Waals surface area contributed by atoms with Crippen LogP contribution in [0.25, 0.3) is 22.4 Å². The predicted molar refractivity (Wildman–Crippen MR) is 61.5 cm³/mol. The molecule has 0 radical (unpaired) electrons. The highest BCUT2D eigenvalue weighted by atomic mass is 16.4. The van der Waals surface area contributed by atoms with E-state index in [-0.39, 0.29) is 6.01 Å². The zero-order valence-electron chi connectivity index (χ0n) is 8.98. The minimum absolute atomic E-state index is 0.119. The first-order valence-corrected chi connectivity index (χ1v) is 4.99. The van der Waals surface area contributed by atoms with E-state index in [1.807, 2.05) is 6.07 Å². The second-order valence-corrected chi connectivity index (χ2v) is 3.68. The average molecular weight is 231 g/mol. The molecule has 0 saturated heterocycles. The van der Waals surface area contributed by atoms with Crippen molar-refractivity contribution in [1.29, 1.82) is 0 Å². The van der Waals surface area contributed by atoms with Gasteiger partial charge in [-0.15, -0.1) is 0 Å². The Bertz CT molecular complexity index is 751. The number of rotatable bonds is 1. The van der Waals surface area contributed by atoms with Crippen molar-refractivity contribution < 1.29 is 8.83 Å². The molecule has 2 aromatic heterocycles. The lowest BCUT2D eigenvalue weighted by molar-refractivity contribution is 0.548. The summed E-state index contributed by atoms with van der Waals surface area (Å²) in [6.45, 7) is 1.77. The number of benzene rings is 1. The molecule has 3 rings (SSSR count). The van der Waals surface area contributed by atoms with Gasteiger partial charge >= 0.3 is 5.76 Å². The van der Waals surface area contributed by atoms with Crippen molar-refractivity contribution in [2.75, 3.05) is 5.73 Å². The molecule has 0 bridgehead atoms. The SMILES string of the molecule is Cc1oc(N)nc1-c1ccc2[nH]c(=O)oc2c1. The number of hydrogen-bond acceptors (Lipinski definition) is 5. The van der Waals surface area contributed by atoms with Crippen LogP contribution < -0.4 is 11.5 Å². The summed E-state index contributed by atoms with van der Waals surface area (Å²) in [6.07, 6.45) is 0. The molecule has 1 aromatic carbocycles. The van der Waals surface area contributed by atoms with Gasteiger partial charge in [0.15, 0.2) is 5.58 Å². The fourth-order valence-corrected chi connectivity index (χ4v) is 1.78. The highest BCUT2D eigenvalue weighted by Crippen LogP contribution is 2.26. The van der Waals surface area contributed by atoms with Crippen molar-refractivity contribution in [2.45, 2.75) is 6.92 Å². The quantitative estimate of drug-likeness (QED) is 0.663. The highest BCUT2D eigenvalue weighted by molar-refractivity contribution is 5.79. The summed E-state index contributed by atoms with van der Waals surface area (Å²) >= 11 is 0. The van der Waals surface area contributed by atoms with Gasteiger partial charge in [-0.1, -0.05) is 6.07 Å². The summed E-state index contributed by atoms with van der Waals surface area (Å²) in [4.78, 5) is 17.7. The Morgan fingerprint density at radius 1 is 1.35 bits per heavy atom. The molecule has 0 unspecified atom stereocenters. The Morgan fingerprint density at radius 3 is 2.88 bits per heavy atom. The van der Waals surface area contributed by atoms with Crippen molar-refractivity contribution in [3.63, 3.8) is 0 Å². The van der Waals surface area contributed by atoms with Crippen molar-refractivity contribution in [2.24, 2.45) is 0 Å². The Labute approximate surface area is 95.1 Å². The maximum atomic E-state index is 11.0. The largest absolute Gasteiger partial charge is 0.429 e. The van der Waals surface area contributed by atoms with E-state index in [1.165, 1.54) is 0 Å². The molecule has 0 saturated carbocycles. The second kappa shape index (κ2) is 3.24. The summed E-state index contributed by atoms with van der Waals surface area (Å²) in [5, 5.41) is 0. The fourth-order valence-electron chi connectivity index (χ4n) is 1.78. The maximum Gasteiger partial charge on any atom is 0.417 e. The molecule has 6 nitrogen and oxygen atoms in total. The molecule has 2 heterocycles. The number of fused-ring (bicyclic) bond motifs is 1. The third kappa shape index (κ3) is 1.50. The predicted octanol–water partition coefficient (Wildman–Crippen LogP) is 1.67. The zero-order chi connectivity index (χ0) is 12.0. The number of aryl methyl sites for hydroxylation is 1. The molecule has 0 aliphatic heterocycles. The first-order chi connectivity index (χ1) is 8.13. The van der Waals surface area contributed by atoms with Crippen LogP contribution in [-0.2, 0) is 0 Å². The fraction of sp³-hybridized carbons (Fsp3) is 0.0909. The molecule has 3 aromatic rings. The number of hydrogen-bond donors (Lipinski definition) is 2. The topological polar surface area (TPSA) is 98.0 Å². The summed E-state index contributed by atoms with van der Waals surface area (Å²) < 4.78 is 10.1. The molecule has 0 atom stereocenters. The van der Waals surface area contributed by atoms with Gasteiger partial charge in [0.05, 0.1) is 5.52 Å². The van der Waals surface area contributed by atoms with E-state index in [1.54, 1.807) is 19.1 Å². The van der Waals surface area contributed by atoms with Crippen LogP contribution in [-0.4, -0.2) is 9.97 Å². The van der Waals surface area contributed by atoms with E-state index in [4.69, 9.17) is 14.6 Å². The zero-order valence-corrected chi connectivity index (χ0v) is 8.98. The highest BCUT2D eigenvalue weighted by Gasteiger charge is 2.11. The number of nitrogens with zero attached hydrogens (tertiary/aromatic N) is 1. The summed E-state index contributed by atoms with van der Waals surface area (Å²) in [7, 11) is 0. The normalized spacial score (nSPS) is 11.1. The van der Waals surface area contributed by atoms with Crippen molar-refractivity contribution in [3.8, 4) is 11.3 Å². The lowest BCUT2D eigenvalue weighted by atomic mass is 10.1. The number of anilines is 1. The molecule has 0 fully saturated rings. The minimum Gasteiger partial charge on any atom is -0.429 e. The summed E-state index contributed by atoms with van der Waals surface area (Å²) in [5.74, 6) is 0.147. The molecular weight excluding hydrogens is 222 g/mol. The van der Waals surface area contributed by atoms with Gasteiger partial charge in [0.25, 0.3) is 6.01 Å². The van der Waals surface area contributed by atoms with Crippen LogP contribution in [0.3, 0.4) is 0 Å². The van der Waals surface area contributed by atoms with E-state index in [9.17, 15) is 4.79 Å². The van der Waals surface area contributed by atoms with Crippen LogP contribution in [0.15, 0.2) is 31.8 Å². The lowest BCUT2D eigenvalue weighted by Gasteiger charge is -1.96. The molecule has 86 valence electrons. The van der Waals surface area contributed by atoms with Crippen LogP contribution in [0, 0.1) is 6.92 Å². The van der Waals surface area contributed by atoms with Crippen LogP contribution in [0.5, 0.6) is 0 Å². The number of oxazole rings is 2. The second-order valence-electron chi connectivity index (χ2n) is 3.68. The van der Waals surface area contributed by atoms with Crippen LogP contribution >= 0.6 is 0 Å². The van der Waals surface area contributed by atoms with Gasteiger partial charge in [0.1, 0.15) is 11.5 Å². The number of nitrogen functional groups attached to an aromatic ring is 1. The number of aromatic nitrogens is 2. The van der Waals surface area contributed by atoms with Crippen LogP contribution in [0.4, 0.5) is 6.01 Å². The van der Waals surface area contributed by atoms with Crippen molar-refractivity contribution in [3.05, 3.63) is 34.5 Å². The number of nitrogens with two attached hydrogens (primary N) is 1. The van der Waals surface area contributed by atoms with Gasteiger partial charge in [0.2, 0.25) is 0 Å². The third-order valence-corrected chi connectivity index (χ3v) is 2.51. The van der Waals surface area contributed by atoms with Gasteiger partial charge in [-0.2, -0.15) is 4.98 Å². The van der Waals surface area contributed by atoms with Gasteiger partial charge in [-0.05, 0) is 19.1 Å². The van der Waals surface area contributed by atoms with Gasteiger partial charge in [-0.3, -0.25) is 4.98 Å². The summed E-state index contributed by atoms with van der Waals surface area (Å²) in [5.41, 5.74) is 8.04. The van der Waals surface area contributed by atoms with E-state index in [2.05, 4.69) is 9.97 Å². The first-order valence-electron chi connectivity index (χ1n) is 4.99. The first kappa shape index (κ1) is 9.71. The minimum atomic E-state index is -0.478. The van der Waals surface area contributed by atoms with Gasteiger partial charge in [-0.25, -0.2) is 4.79 Å². The Balaban J connectivity index is 2.23. The lowest BCUT2D eigenvalue weighted by Crippen LogP contribution is -1.92. The van der Waals surface area contributed by atoms with Gasteiger partial charge in [0, 0.05) is 5.56 Å². The summed E-state index contributed by atoms with van der Waals surface area (Å²) in [6, 6.07) is 5.41.